The smallest absolute Gasteiger partial charge is 0.134 e. The van der Waals surface area contributed by atoms with Crippen molar-refractivity contribution in [1.29, 1.82) is 0 Å². The zero-order valence-electron chi connectivity index (χ0n) is 13.7. The number of azide groups is 1. The molecule has 0 aliphatic carbocycles. The topological polar surface area (TPSA) is 69.0 Å². The summed E-state index contributed by atoms with van der Waals surface area (Å²) in [6, 6.07) is 3.96. The Hall–Kier alpha value is -2.11. The lowest BCUT2D eigenvalue weighted by molar-refractivity contribution is 0.443. The van der Waals surface area contributed by atoms with Crippen LogP contribution in [-0.4, -0.2) is 11.7 Å². The first-order chi connectivity index (χ1) is 9.57. The summed E-state index contributed by atoms with van der Waals surface area (Å²) in [7, 11) is 0. The van der Waals surface area contributed by atoms with Crippen LogP contribution in [0.5, 0.6) is 5.75 Å². The molecule has 0 saturated heterocycles. The Morgan fingerprint density at radius 2 is 1.76 bits per heavy atom. The van der Waals surface area contributed by atoms with Gasteiger partial charge in [0.05, 0.1) is 12.1 Å². The molecule has 0 unspecified atom stereocenters. The number of aromatic hydroxyl groups is 1. The Morgan fingerprint density at radius 3 is 2.24 bits per heavy atom. The second-order valence-electron chi connectivity index (χ2n) is 7.11. The fraction of sp³-hybridized carbons (Fsp3) is 0.529. The minimum absolute atomic E-state index is 0.0328. The van der Waals surface area contributed by atoms with Crippen molar-refractivity contribution >= 4 is 0 Å². The van der Waals surface area contributed by atoms with Gasteiger partial charge >= 0.3 is 0 Å². The molecule has 112 valence electrons. The van der Waals surface area contributed by atoms with Gasteiger partial charge in [-0.3, -0.25) is 0 Å². The van der Waals surface area contributed by atoms with Gasteiger partial charge in [-0.1, -0.05) is 64.6 Å². The Balaban J connectivity index is 3.48. The van der Waals surface area contributed by atoms with E-state index in [1.54, 1.807) is 0 Å². The number of benzene rings is 1. The van der Waals surface area contributed by atoms with Crippen molar-refractivity contribution in [2.24, 2.45) is 5.11 Å². The van der Waals surface area contributed by atoms with E-state index in [1.807, 2.05) is 12.1 Å². The number of phenolic OH excluding ortho intramolecular Hbond substituents is 1. The fourth-order valence-electron chi connectivity index (χ4n) is 1.94. The maximum Gasteiger partial charge on any atom is 0.134 e. The molecule has 1 N–H and O–H groups in total. The van der Waals surface area contributed by atoms with Crippen LogP contribution in [0, 0.1) is 11.8 Å². The number of hydrogen-bond acceptors (Lipinski definition) is 2. The number of nitrogens with zero attached hydrogens (tertiary/aromatic N) is 3. The zero-order chi connectivity index (χ0) is 16.3. The van der Waals surface area contributed by atoms with Crippen molar-refractivity contribution in [2.45, 2.75) is 52.4 Å². The SMILES string of the molecule is CC(C)(C)c1cc(C#CCN=[N+]=[N-])c(O)c(C(C)(C)C)c1. The monoisotopic (exact) mass is 285 g/mol. The van der Waals surface area contributed by atoms with E-state index in [9.17, 15) is 5.11 Å². The first-order valence-corrected chi connectivity index (χ1v) is 6.95. The molecule has 0 atom stereocenters. The normalized spacial score (nSPS) is 11.3. The van der Waals surface area contributed by atoms with Crippen molar-refractivity contribution in [3.05, 3.63) is 39.3 Å². The average molecular weight is 285 g/mol. The van der Waals surface area contributed by atoms with E-state index in [4.69, 9.17) is 5.53 Å². The van der Waals surface area contributed by atoms with Crippen LogP contribution in [0.2, 0.25) is 0 Å². The molecule has 0 spiro atoms. The van der Waals surface area contributed by atoms with Gasteiger partial charge in [0.2, 0.25) is 0 Å². The van der Waals surface area contributed by atoms with Crippen LogP contribution >= 0.6 is 0 Å². The summed E-state index contributed by atoms with van der Waals surface area (Å²) in [5.41, 5.74) is 10.6. The van der Waals surface area contributed by atoms with Gasteiger partial charge in [-0.15, -0.1) is 0 Å². The average Bonchev–Trinajstić information content (AvgIpc) is 2.33. The molecule has 0 fully saturated rings. The van der Waals surface area contributed by atoms with Gasteiger partial charge in [0.1, 0.15) is 5.75 Å². The minimum atomic E-state index is -0.174. The van der Waals surface area contributed by atoms with Crippen molar-refractivity contribution in [2.75, 3.05) is 6.54 Å². The number of phenols is 1. The Bertz CT molecular complexity index is 631. The fourth-order valence-corrected chi connectivity index (χ4v) is 1.94. The summed E-state index contributed by atoms with van der Waals surface area (Å²) < 4.78 is 0. The third-order valence-electron chi connectivity index (χ3n) is 3.22. The Labute approximate surface area is 126 Å². The van der Waals surface area contributed by atoms with Gasteiger partial charge in [0.15, 0.2) is 0 Å². The van der Waals surface area contributed by atoms with Crippen LogP contribution in [0.25, 0.3) is 10.4 Å². The quantitative estimate of drug-likeness (QED) is 0.347. The number of hydrogen-bond donors (Lipinski definition) is 1. The molecule has 1 aromatic rings. The van der Waals surface area contributed by atoms with E-state index in [-0.39, 0.29) is 23.1 Å². The van der Waals surface area contributed by atoms with Gasteiger partial charge in [0.25, 0.3) is 0 Å². The molecule has 0 heterocycles. The van der Waals surface area contributed by atoms with E-state index in [1.165, 1.54) is 0 Å². The maximum atomic E-state index is 10.5. The van der Waals surface area contributed by atoms with E-state index < -0.39 is 0 Å². The summed E-state index contributed by atoms with van der Waals surface area (Å²) in [6.45, 7) is 12.7. The highest BCUT2D eigenvalue weighted by molar-refractivity contribution is 5.55. The van der Waals surface area contributed by atoms with E-state index >= 15 is 0 Å². The first kappa shape index (κ1) is 16.9. The summed E-state index contributed by atoms with van der Waals surface area (Å²) in [6.07, 6.45) is 0. The molecule has 1 rings (SSSR count). The van der Waals surface area contributed by atoms with E-state index in [2.05, 4.69) is 63.4 Å². The third-order valence-corrected chi connectivity index (χ3v) is 3.22. The summed E-state index contributed by atoms with van der Waals surface area (Å²) >= 11 is 0. The van der Waals surface area contributed by atoms with Gasteiger partial charge in [0, 0.05) is 10.5 Å². The lowest BCUT2D eigenvalue weighted by atomic mass is 9.79. The molecule has 0 amide bonds. The molecule has 4 heteroatoms. The molecule has 1 aromatic carbocycles. The Morgan fingerprint density at radius 1 is 1.14 bits per heavy atom. The standard InChI is InChI=1S/C17H23N3O/c1-16(2,3)13-10-12(8-7-9-19-20-18)15(21)14(11-13)17(4,5)6/h10-11,21H,9H2,1-6H3. The van der Waals surface area contributed by atoms with Crippen LogP contribution in [-0.2, 0) is 10.8 Å². The van der Waals surface area contributed by atoms with Gasteiger partial charge in [-0.25, -0.2) is 0 Å². The highest BCUT2D eigenvalue weighted by Crippen LogP contribution is 2.37. The summed E-state index contributed by atoms with van der Waals surface area (Å²) in [5, 5.41) is 13.8. The van der Waals surface area contributed by atoms with Crippen LogP contribution in [0.3, 0.4) is 0 Å². The molecule has 0 aromatic heterocycles. The lowest BCUT2D eigenvalue weighted by Gasteiger charge is -2.26. The van der Waals surface area contributed by atoms with Crippen molar-refractivity contribution in [1.82, 2.24) is 0 Å². The highest BCUT2D eigenvalue weighted by atomic mass is 16.3. The Kier molecular flexibility index (Phi) is 4.93. The largest absolute Gasteiger partial charge is 0.506 e. The number of rotatable bonds is 1. The molecular formula is C17H23N3O. The maximum absolute atomic E-state index is 10.5. The second-order valence-corrected chi connectivity index (χ2v) is 7.11. The van der Waals surface area contributed by atoms with E-state index in [0.29, 0.717) is 5.56 Å². The van der Waals surface area contributed by atoms with Crippen molar-refractivity contribution < 1.29 is 5.11 Å². The summed E-state index contributed by atoms with van der Waals surface area (Å²) in [5.74, 6) is 5.89. The molecule has 0 bridgehead atoms. The predicted octanol–water partition coefficient (Wildman–Crippen LogP) is 4.65. The zero-order valence-corrected chi connectivity index (χ0v) is 13.7. The minimum Gasteiger partial charge on any atom is -0.506 e. The van der Waals surface area contributed by atoms with Crippen molar-refractivity contribution in [3.63, 3.8) is 0 Å². The second kappa shape index (κ2) is 6.11. The van der Waals surface area contributed by atoms with Gasteiger partial charge in [-0.2, -0.15) is 0 Å². The van der Waals surface area contributed by atoms with Crippen LogP contribution in [0.15, 0.2) is 17.2 Å². The molecule has 0 saturated carbocycles. The van der Waals surface area contributed by atoms with Crippen LogP contribution in [0.4, 0.5) is 0 Å². The van der Waals surface area contributed by atoms with Gasteiger partial charge in [-0.05, 0) is 28.0 Å². The van der Waals surface area contributed by atoms with E-state index in [0.717, 1.165) is 11.1 Å². The molecule has 0 aliphatic rings. The lowest BCUT2D eigenvalue weighted by Crippen LogP contribution is -2.17. The molecule has 0 radical (unpaired) electrons. The first-order valence-electron chi connectivity index (χ1n) is 6.95. The van der Waals surface area contributed by atoms with Crippen LogP contribution < -0.4 is 0 Å². The third kappa shape index (κ3) is 4.44. The van der Waals surface area contributed by atoms with Crippen LogP contribution in [0.1, 0.15) is 58.2 Å². The molecule has 0 aliphatic heterocycles. The molecular weight excluding hydrogens is 262 g/mol. The molecule has 21 heavy (non-hydrogen) atoms. The van der Waals surface area contributed by atoms with Gasteiger partial charge < -0.3 is 5.11 Å². The predicted molar refractivity (Wildman–Crippen MR) is 86.4 cm³/mol. The highest BCUT2D eigenvalue weighted by Gasteiger charge is 2.24. The molecule has 4 nitrogen and oxygen atoms in total. The summed E-state index contributed by atoms with van der Waals surface area (Å²) in [4.78, 5) is 2.66. The van der Waals surface area contributed by atoms with Crippen molar-refractivity contribution in [3.8, 4) is 17.6 Å².